The van der Waals surface area contributed by atoms with Gasteiger partial charge in [0.2, 0.25) is 5.75 Å². The number of ether oxygens (including phenoxy) is 3. The van der Waals surface area contributed by atoms with Crippen LogP contribution in [0.1, 0.15) is 9.67 Å². The average molecular weight is 309 g/mol. The van der Waals surface area contributed by atoms with Crippen molar-refractivity contribution in [3.63, 3.8) is 0 Å². The van der Waals surface area contributed by atoms with Crippen molar-refractivity contribution >= 4 is 28.1 Å². The molecule has 1 amide bonds. The van der Waals surface area contributed by atoms with Crippen LogP contribution in [0.4, 0.5) is 10.8 Å². The van der Waals surface area contributed by atoms with Crippen LogP contribution in [0.25, 0.3) is 0 Å². The van der Waals surface area contributed by atoms with Gasteiger partial charge in [-0.3, -0.25) is 4.79 Å². The van der Waals surface area contributed by atoms with Crippen LogP contribution >= 0.6 is 11.3 Å². The summed E-state index contributed by atoms with van der Waals surface area (Å²) in [6, 6.07) is 3.49. The fourth-order valence-corrected chi connectivity index (χ4v) is 2.41. The summed E-state index contributed by atoms with van der Waals surface area (Å²) >= 11 is 1.16. The number of hydrogen-bond donors (Lipinski definition) is 2. The van der Waals surface area contributed by atoms with Crippen molar-refractivity contribution in [2.75, 3.05) is 26.6 Å². The molecule has 0 aliphatic rings. The molecular formula is C13H15N3O4S. The van der Waals surface area contributed by atoms with Crippen molar-refractivity contribution in [1.82, 2.24) is 4.98 Å². The first-order valence-electron chi connectivity index (χ1n) is 5.91. The Balaban J connectivity index is 2.32. The third-order valence-corrected chi connectivity index (χ3v) is 3.59. The number of anilines is 2. The maximum atomic E-state index is 11.1. The topological polar surface area (TPSA) is 95.7 Å². The Labute approximate surface area is 125 Å². The number of benzene rings is 1. The highest BCUT2D eigenvalue weighted by molar-refractivity contribution is 7.17. The molecule has 0 atom stereocenters. The van der Waals surface area contributed by atoms with Crippen molar-refractivity contribution in [3.05, 3.63) is 23.2 Å². The third-order valence-electron chi connectivity index (χ3n) is 2.66. The average Bonchev–Trinajstić information content (AvgIpc) is 2.94. The minimum absolute atomic E-state index is 0.380. The smallest absolute Gasteiger partial charge is 0.260 e. The fourth-order valence-electron chi connectivity index (χ4n) is 1.72. The van der Waals surface area contributed by atoms with E-state index >= 15 is 0 Å². The highest BCUT2D eigenvalue weighted by Gasteiger charge is 2.14. The summed E-state index contributed by atoms with van der Waals surface area (Å²) in [5, 5.41) is 3.60. The lowest BCUT2D eigenvalue weighted by Crippen LogP contribution is -2.08. The van der Waals surface area contributed by atoms with E-state index in [0.717, 1.165) is 11.3 Å². The largest absolute Gasteiger partial charge is 0.493 e. The van der Waals surface area contributed by atoms with Crippen molar-refractivity contribution in [2.24, 2.45) is 5.73 Å². The maximum absolute atomic E-state index is 11.1. The van der Waals surface area contributed by atoms with Gasteiger partial charge >= 0.3 is 0 Å². The molecule has 0 spiro atoms. The van der Waals surface area contributed by atoms with Crippen molar-refractivity contribution in [3.8, 4) is 17.2 Å². The molecule has 2 rings (SSSR count). The molecule has 0 saturated carbocycles. The summed E-state index contributed by atoms with van der Waals surface area (Å²) in [6.07, 6.45) is 1.42. The second-order valence-corrected chi connectivity index (χ2v) is 4.96. The Morgan fingerprint density at radius 3 is 2.24 bits per heavy atom. The standard InChI is InChI=1S/C13H15N3O4S/c1-18-8-4-7(5-9(19-2)11(8)20-3)16-13-15-6-10(21-13)12(14)17/h4-6H,1-3H3,(H2,14,17)(H,15,16). The SMILES string of the molecule is COc1cc(Nc2ncc(C(N)=O)s2)cc(OC)c1OC. The summed E-state index contributed by atoms with van der Waals surface area (Å²) in [5.74, 6) is 1.03. The first-order chi connectivity index (χ1) is 10.1. The van der Waals surface area contributed by atoms with Crippen molar-refractivity contribution in [2.45, 2.75) is 0 Å². The molecule has 7 nitrogen and oxygen atoms in total. The predicted molar refractivity (Wildman–Crippen MR) is 80.0 cm³/mol. The number of amides is 1. The predicted octanol–water partition coefficient (Wildman–Crippen LogP) is 2.01. The molecule has 0 bridgehead atoms. The number of thiazole rings is 1. The van der Waals surface area contributed by atoms with Crippen LogP contribution in [0.2, 0.25) is 0 Å². The Morgan fingerprint density at radius 1 is 1.19 bits per heavy atom. The lowest BCUT2D eigenvalue weighted by molar-refractivity contribution is 0.100. The van der Waals surface area contributed by atoms with Crippen LogP contribution in [0.15, 0.2) is 18.3 Å². The van der Waals surface area contributed by atoms with E-state index in [1.54, 1.807) is 12.1 Å². The summed E-state index contributed by atoms with van der Waals surface area (Å²) in [6.45, 7) is 0. The molecule has 0 unspecified atom stereocenters. The molecule has 0 radical (unpaired) electrons. The van der Waals surface area contributed by atoms with Gasteiger partial charge in [0.15, 0.2) is 16.6 Å². The second-order valence-electron chi connectivity index (χ2n) is 3.93. The number of nitrogens with zero attached hydrogens (tertiary/aromatic N) is 1. The molecule has 112 valence electrons. The summed E-state index contributed by atoms with van der Waals surface area (Å²) in [5.41, 5.74) is 5.89. The Bertz CT molecular complexity index is 632. The van der Waals surface area contributed by atoms with Crippen LogP contribution in [0, 0.1) is 0 Å². The zero-order valence-corrected chi connectivity index (χ0v) is 12.6. The monoisotopic (exact) mass is 309 g/mol. The Hall–Kier alpha value is -2.48. The maximum Gasteiger partial charge on any atom is 0.260 e. The van der Waals surface area contributed by atoms with Crippen LogP contribution < -0.4 is 25.3 Å². The van der Waals surface area contributed by atoms with Gasteiger partial charge in [-0.2, -0.15) is 0 Å². The number of aromatic nitrogens is 1. The molecule has 21 heavy (non-hydrogen) atoms. The van der Waals surface area contributed by atoms with Crippen LogP contribution in [0.3, 0.4) is 0 Å². The van der Waals surface area contributed by atoms with E-state index in [9.17, 15) is 4.79 Å². The number of nitrogens with two attached hydrogens (primary N) is 1. The number of primary amides is 1. The molecule has 8 heteroatoms. The van der Waals surface area contributed by atoms with E-state index in [0.29, 0.717) is 32.9 Å². The van der Waals surface area contributed by atoms with E-state index < -0.39 is 5.91 Å². The van der Waals surface area contributed by atoms with Gasteiger partial charge in [0.25, 0.3) is 5.91 Å². The number of nitrogens with one attached hydrogen (secondary N) is 1. The number of methoxy groups -OCH3 is 3. The number of hydrogen-bond acceptors (Lipinski definition) is 7. The first-order valence-corrected chi connectivity index (χ1v) is 6.73. The molecule has 1 aromatic carbocycles. The van der Waals surface area contributed by atoms with Crippen molar-refractivity contribution < 1.29 is 19.0 Å². The van der Waals surface area contributed by atoms with E-state index in [4.69, 9.17) is 19.9 Å². The summed E-state index contributed by atoms with van der Waals surface area (Å²) in [7, 11) is 4.61. The Morgan fingerprint density at radius 2 is 1.81 bits per heavy atom. The van der Waals surface area contributed by atoms with Gasteiger partial charge in [-0.25, -0.2) is 4.98 Å². The van der Waals surface area contributed by atoms with Gasteiger partial charge in [-0.1, -0.05) is 11.3 Å². The molecular weight excluding hydrogens is 294 g/mol. The molecule has 3 N–H and O–H groups in total. The number of carbonyl (C=O) groups is 1. The minimum atomic E-state index is -0.509. The van der Waals surface area contributed by atoms with Gasteiger partial charge in [0, 0.05) is 17.8 Å². The van der Waals surface area contributed by atoms with Crippen molar-refractivity contribution in [1.29, 1.82) is 0 Å². The molecule has 1 heterocycles. The van der Waals surface area contributed by atoms with E-state index in [1.165, 1.54) is 27.5 Å². The Kier molecular flexibility index (Phi) is 4.49. The summed E-state index contributed by atoms with van der Waals surface area (Å²) < 4.78 is 15.8. The fraction of sp³-hybridized carbons (Fsp3) is 0.231. The first kappa shape index (κ1) is 14.9. The number of carbonyl (C=O) groups excluding carboxylic acids is 1. The zero-order valence-electron chi connectivity index (χ0n) is 11.8. The van der Waals surface area contributed by atoms with E-state index in [2.05, 4.69) is 10.3 Å². The highest BCUT2D eigenvalue weighted by Crippen LogP contribution is 2.40. The molecule has 2 aromatic rings. The third kappa shape index (κ3) is 3.16. The highest BCUT2D eigenvalue weighted by atomic mass is 32.1. The molecule has 0 saturated heterocycles. The lowest BCUT2D eigenvalue weighted by atomic mass is 10.2. The normalized spacial score (nSPS) is 10.0. The van der Waals surface area contributed by atoms with E-state index in [1.807, 2.05) is 0 Å². The second kappa shape index (κ2) is 6.31. The van der Waals surface area contributed by atoms with Gasteiger partial charge < -0.3 is 25.3 Å². The lowest BCUT2D eigenvalue weighted by Gasteiger charge is -2.14. The van der Waals surface area contributed by atoms with Crippen LogP contribution in [-0.2, 0) is 0 Å². The minimum Gasteiger partial charge on any atom is -0.493 e. The van der Waals surface area contributed by atoms with E-state index in [-0.39, 0.29) is 0 Å². The van der Waals surface area contributed by atoms with Gasteiger partial charge in [-0.15, -0.1) is 0 Å². The quantitative estimate of drug-likeness (QED) is 0.847. The molecule has 0 fully saturated rings. The molecule has 0 aliphatic heterocycles. The van der Waals surface area contributed by atoms with Gasteiger partial charge in [0.05, 0.1) is 27.5 Å². The van der Waals surface area contributed by atoms with Gasteiger partial charge in [-0.05, 0) is 0 Å². The van der Waals surface area contributed by atoms with Crippen LogP contribution in [0.5, 0.6) is 17.2 Å². The molecule has 1 aromatic heterocycles. The molecule has 0 aliphatic carbocycles. The zero-order chi connectivity index (χ0) is 15.4. The summed E-state index contributed by atoms with van der Waals surface area (Å²) in [4.78, 5) is 15.5. The number of rotatable bonds is 6. The van der Waals surface area contributed by atoms with Gasteiger partial charge in [0.1, 0.15) is 4.88 Å². The van der Waals surface area contributed by atoms with Crippen LogP contribution in [-0.4, -0.2) is 32.2 Å².